The van der Waals surface area contributed by atoms with Gasteiger partial charge in [-0.05, 0) is 25.5 Å². The highest BCUT2D eigenvalue weighted by Crippen LogP contribution is 2.18. The van der Waals surface area contributed by atoms with Crippen molar-refractivity contribution in [2.45, 2.75) is 19.9 Å². The molecule has 0 aliphatic carbocycles. The van der Waals surface area contributed by atoms with Gasteiger partial charge in [0.25, 0.3) is 5.91 Å². The third kappa shape index (κ3) is 4.85. The molecule has 2 aromatic carbocycles. The summed E-state index contributed by atoms with van der Waals surface area (Å²) < 4.78 is 0. The molecule has 2 N–H and O–H groups in total. The van der Waals surface area contributed by atoms with Crippen LogP contribution in [-0.4, -0.2) is 69.7 Å². The Kier molecular flexibility index (Phi) is 6.70. The third-order valence-corrected chi connectivity index (χ3v) is 7.00. The summed E-state index contributed by atoms with van der Waals surface area (Å²) in [6, 6.07) is 19.8. The molecule has 0 saturated carbocycles. The molecule has 4 rings (SSSR count). The molecular formula is C25H36N4O+2. The molecule has 30 heavy (non-hydrogen) atoms. The summed E-state index contributed by atoms with van der Waals surface area (Å²) in [5.41, 5.74) is 4.07. The van der Waals surface area contributed by atoms with Crippen LogP contribution in [0, 0.1) is 6.92 Å². The zero-order valence-electron chi connectivity index (χ0n) is 18.4. The summed E-state index contributed by atoms with van der Waals surface area (Å²) in [6.45, 7) is 13.1. The maximum atomic E-state index is 12.9. The van der Waals surface area contributed by atoms with Gasteiger partial charge in [0.2, 0.25) is 0 Å². The summed E-state index contributed by atoms with van der Waals surface area (Å²) in [7, 11) is 0. The van der Waals surface area contributed by atoms with E-state index >= 15 is 0 Å². The highest BCUT2D eigenvalue weighted by atomic mass is 16.2. The Morgan fingerprint density at radius 1 is 0.900 bits per heavy atom. The summed E-state index contributed by atoms with van der Waals surface area (Å²) in [4.78, 5) is 20.5. The van der Waals surface area contributed by atoms with Crippen LogP contribution in [-0.2, 0) is 4.79 Å². The van der Waals surface area contributed by atoms with E-state index in [-0.39, 0.29) is 0 Å². The number of aryl methyl sites for hydroxylation is 1. The highest BCUT2D eigenvalue weighted by Gasteiger charge is 2.30. The Morgan fingerprint density at radius 2 is 1.53 bits per heavy atom. The lowest BCUT2D eigenvalue weighted by Crippen LogP contribution is -3.16. The molecule has 2 heterocycles. The van der Waals surface area contributed by atoms with Crippen LogP contribution in [0.15, 0.2) is 54.6 Å². The summed E-state index contributed by atoms with van der Waals surface area (Å²) >= 11 is 0. The van der Waals surface area contributed by atoms with E-state index in [4.69, 9.17) is 0 Å². The number of para-hydroxylation sites is 1. The van der Waals surface area contributed by atoms with Gasteiger partial charge in [0, 0.05) is 11.3 Å². The zero-order chi connectivity index (χ0) is 20.9. The predicted octanol–water partition coefficient (Wildman–Crippen LogP) is 0.188. The predicted molar refractivity (Wildman–Crippen MR) is 121 cm³/mol. The number of carbonyl (C=O) groups excluding carboxylic acids is 1. The number of hydrogen-bond acceptors (Lipinski definition) is 2. The summed E-state index contributed by atoms with van der Waals surface area (Å²) in [5, 5.41) is 0. The number of hydrogen-bond donors (Lipinski definition) is 2. The van der Waals surface area contributed by atoms with Crippen molar-refractivity contribution in [3.63, 3.8) is 0 Å². The van der Waals surface area contributed by atoms with E-state index in [9.17, 15) is 4.79 Å². The molecule has 2 aliphatic heterocycles. The van der Waals surface area contributed by atoms with Crippen LogP contribution in [0.1, 0.15) is 24.1 Å². The Labute approximate surface area is 180 Å². The zero-order valence-corrected chi connectivity index (χ0v) is 18.4. The number of nitrogens with zero attached hydrogens (tertiary/aromatic N) is 2. The maximum Gasteiger partial charge on any atom is 0.278 e. The molecule has 1 amide bonds. The standard InChI is InChI=1S/C25H34N4O/c1-21-8-6-7-11-24(21)28-14-12-26(13-15-28)20-25(30)29-18-16-27(17-19-29)22(2)23-9-4-3-5-10-23/h3-11,22H,12-20H2,1-2H3/p+2/t22-/m0/s1. The topological polar surface area (TPSA) is 32.4 Å². The normalized spacial score (nSPS) is 19.7. The van der Waals surface area contributed by atoms with E-state index in [1.807, 2.05) is 0 Å². The Morgan fingerprint density at radius 3 is 2.20 bits per heavy atom. The van der Waals surface area contributed by atoms with Crippen LogP contribution >= 0.6 is 0 Å². The van der Waals surface area contributed by atoms with E-state index in [1.165, 1.54) is 21.7 Å². The van der Waals surface area contributed by atoms with Gasteiger partial charge in [-0.25, -0.2) is 0 Å². The molecule has 2 aliphatic rings. The highest BCUT2D eigenvalue weighted by molar-refractivity contribution is 5.77. The van der Waals surface area contributed by atoms with Crippen molar-refractivity contribution in [3.05, 3.63) is 65.7 Å². The first-order chi connectivity index (χ1) is 14.6. The molecule has 5 heteroatoms. The lowest BCUT2D eigenvalue weighted by molar-refractivity contribution is -0.933. The lowest BCUT2D eigenvalue weighted by Gasteiger charge is -2.37. The molecule has 2 aromatic rings. The average Bonchev–Trinajstić information content (AvgIpc) is 2.80. The van der Waals surface area contributed by atoms with Crippen LogP contribution < -0.4 is 14.7 Å². The van der Waals surface area contributed by atoms with Crippen molar-refractivity contribution < 1.29 is 14.6 Å². The van der Waals surface area contributed by atoms with Gasteiger partial charge in [0.05, 0.1) is 52.4 Å². The first kappa shape index (κ1) is 20.9. The van der Waals surface area contributed by atoms with Gasteiger partial charge in [-0.1, -0.05) is 48.5 Å². The monoisotopic (exact) mass is 408 g/mol. The van der Waals surface area contributed by atoms with Crippen molar-refractivity contribution in [2.24, 2.45) is 0 Å². The average molecular weight is 409 g/mol. The smallest absolute Gasteiger partial charge is 0.278 e. The maximum absolute atomic E-state index is 12.9. The molecule has 1 atom stereocenters. The molecule has 0 aromatic heterocycles. The number of rotatable bonds is 5. The van der Waals surface area contributed by atoms with Crippen LogP contribution in [0.4, 0.5) is 5.69 Å². The van der Waals surface area contributed by atoms with Gasteiger partial charge >= 0.3 is 0 Å². The van der Waals surface area contributed by atoms with E-state index < -0.39 is 0 Å². The lowest BCUT2D eigenvalue weighted by atomic mass is 10.1. The van der Waals surface area contributed by atoms with Gasteiger partial charge in [0.1, 0.15) is 6.04 Å². The molecule has 2 saturated heterocycles. The summed E-state index contributed by atoms with van der Waals surface area (Å²) in [6.07, 6.45) is 0. The fraction of sp³-hybridized carbons (Fsp3) is 0.480. The number of nitrogens with one attached hydrogen (secondary N) is 2. The second-order valence-corrected chi connectivity index (χ2v) is 8.87. The fourth-order valence-corrected chi connectivity index (χ4v) is 4.94. The van der Waals surface area contributed by atoms with Crippen molar-refractivity contribution in [1.29, 1.82) is 0 Å². The van der Waals surface area contributed by atoms with Crippen LogP contribution in [0.25, 0.3) is 0 Å². The van der Waals surface area contributed by atoms with Gasteiger partial charge < -0.3 is 19.6 Å². The molecular weight excluding hydrogens is 372 g/mol. The molecule has 160 valence electrons. The SMILES string of the molecule is Cc1ccccc1N1CC[NH+](CC(=O)N2CC[NH+]([C@@H](C)c3ccccc3)CC2)CC1. The largest absolute Gasteiger partial charge is 0.360 e. The number of amides is 1. The molecule has 0 bridgehead atoms. The van der Waals surface area contributed by atoms with Crippen LogP contribution in [0.2, 0.25) is 0 Å². The first-order valence-electron chi connectivity index (χ1n) is 11.4. The van der Waals surface area contributed by atoms with Gasteiger partial charge in [-0.15, -0.1) is 0 Å². The van der Waals surface area contributed by atoms with Gasteiger partial charge in [-0.2, -0.15) is 0 Å². The number of benzene rings is 2. The second-order valence-electron chi connectivity index (χ2n) is 8.87. The van der Waals surface area contributed by atoms with Crippen molar-refractivity contribution in [2.75, 3.05) is 63.8 Å². The molecule has 2 fully saturated rings. The Balaban J connectivity index is 1.22. The minimum Gasteiger partial charge on any atom is -0.360 e. The molecule has 0 unspecified atom stereocenters. The van der Waals surface area contributed by atoms with E-state index in [2.05, 4.69) is 78.2 Å². The number of anilines is 1. The first-order valence-corrected chi connectivity index (χ1v) is 11.4. The van der Waals surface area contributed by atoms with Crippen LogP contribution in [0.5, 0.6) is 0 Å². The fourth-order valence-electron chi connectivity index (χ4n) is 4.94. The second kappa shape index (κ2) is 9.63. The van der Waals surface area contributed by atoms with E-state index in [1.54, 1.807) is 4.90 Å². The van der Waals surface area contributed by atoms with Crippen molar-refractivity contribution in [1.82, 2.24) is 4.90 Å². The van der Waals surface area contributed by atoms with Gasteiger partial charge in [0.15, 0.2) is 6.54 Å². The Hall–Kier alpha value is -2.37. The number of carbonyl (C=O) groups is 1. The quantitative estimate of drug-likeness (QED) is 0.740. The Bertz CT molecular complexity index is 824. The van der Waals surface area contributed by atoms with Crippen molar-refractivity contribution >= 4 is 11.6 Å². The minimum absolute atomic E-state index is 0.334. The van der Waals surface area contributed by atoms with Crippen LogP contribution in [0.3, 0.4) is 0 Å². The number of quaternary nitrogens is 2. The minimum atomic E-state index is 0.334. The van der Waals surface area contributed by atoms with Gasteiger partial charge in [-0.3, -0.25) is 4.79 Å². The van der Waals surface area contributed by atoms with Crippen molar-refractivity contribution in [3.8, 4) is 0 Å². The molecule has 5 nitrogen and oxygen atoms in total. The third-order valence-electron chi connectivity index (χ3n) is 7.00. The molecule has 0 radical (unpaired) electrons. The summed E-state index contributed by atoms with van der Waals surface area (Å²) in [5.74, 6) is 0.334. The molecule has 0 spiro atoms. The van der Waals surface area contributed by atoms with E-state index in [0.717, 1.165) is 52.4 Å². The number of piperazine rings is 2. The van der Waals surface area contributed by atoms with E-state index in [0.29, 0.717) is 18.5 Å².